The first kappa shape index (κ1) is 21.4. The topological polar surface area (TPSA) is 95.9 Å². The van der Waals surface area contributed by atoms with Gasteiger partial charge in [0.2, 0.25) is 5.91 Å². The van der Waals surface area contributed by atoms with E-state index < -0.39 is 24.0 Å². The molecule has 2 N–H and O–H groups in total. The summed E-state index contributed by atoms with van der Waals surface area (Å²) in [5.74, 6) is 3.61. The summed E-state index contributed by atoms with van der Waals surface area (Å²) in [5, 5.41) is 11.6. The second-order valence-electron chi connectivity index (χ2n) is 7.93. The molecule has 1 unspecified atom stereocenters. The van der Waals surface area contributed by atoms with Crippen LogP contribution in [0.2, 0.25) is 0 Å². The molecule has 7 heteroatoms. The number of benzene rings is 2. The van der Waals surface area contributed by atoms with Crippen molar-refractivity contribution >= 4 is 18.0 Å². The third kappa shape index (κ3) is 4.17. The number of nitrogens with one attached hydrogen (secondary N) is 1. The minimum absolute atomic E-state index is 0.0792. The Morgan fingerprint density at radius 2 is 1.69 bits per heavy atom. The molecule has 2 aliphatic rings. The molecular formula is C25H24N2O5. The molecule has 1 aliphatic heterocycles. The van der Waals surface area contributed by atoms with Crippen molar-refractivity contribution in [3.8, 4) is 23.0 Å². The molecule has 7 nitrogen and oxygen atoms in total. The third-order valence-corrected chi connectivity index (χ3v) is 5.96. The number of fused-ring (bicyclic) bond motifs is 3. The van der Waals surface area contributed by atoms with Crippen LogP contribution in [0.3, 0.4) is 0 Å². The van der Waals surface area contributed by atoms with Crippen molar-refractivity contribution in [3.63, 3.8) is 0 Å². The normalized spacial score (nSPS) is 15.5. The van der Waals surface area contributed by atoms with E-state index in [0.717, 1.165) is 22.3 Å². The first-order chi connectivity index (χ1) is 15.5. The molecule has 2 aromatic carbocycles. The van der Waals surface area contributed by atoms with Crippen LogP contribution in [0.5, 0.6) is 0 Å². The number of carboxylic acids is 1. The van der Waals surface area contributed by atoms with Crippen molar-refractivity contribution in [1.82, 2.24) is 10.2 Å². The van der Waals surface area contributed by atoms with Crippen molar-refractivity contribution in [1.29, 1.82) is 0 Å². The summed E-state index contributed by atoms with van der Waals surface area (Å²) in [6, 6.07) is 15.2. The van der Waals surface area contributed by atoms with Gasteiger partial charge in [0.05, 0.1) is 5.92 Å². The van der Waals surface area contributed by atoms with Crippen LogP contribution < -0.4 is 5.32 Å². The number of carbonyl (C=O) groups is 3. The first-order valence-electron chi connectivity index (χ1n) is 10.5. The van der Waals surface area contributed by atoms with Crippen LogP contribution in [-0.4, -0.2) is 53.7 Å². The molecule has 4 rings (SSSR count). The van der Waals surface area contributed by atoms with Crippen molar-refractivity contribution in [2.24, 2.45) is 5.92 Å². The van der Waals surface area contributed by atoms with Gasteiger partial charge in [0.1, 0.15) is 12.6 Å². The lowest BCUT2D eigenvalue weighted by molar-refractivity contribution is -0.153. The van der Waals surface area contributed by atoms with Crippen LogP contribution >= 0.6 is 0 Å². The molecule has 0 bridgehead atoms. The summed E-state index contributed by atoms with van der Waals surface area (Å²) in [5.41, 5.74) is 4.47. The van der Waals surface area contributed by atoms with E-state index in [1.807, 2.05) is 36.4 Å². The highest BCUT2D eigenvalue weighted by molar-refractivity contribution is 5.88. The third-order valence-electron chi connectivity index (χ3n) is 5.96. The highest BCUT2D eigenvalue weighted by atomic mass is 16.5. The SMILES string of the molecule is CC#CCC(NC(=O)OCC1c2ccccc2-c2ccccc21)C(=O)N1CC(C(=O)O)C1. The Morgan fingerprint density at radius 1 is 1.09 bits per heavy atom. The number of amides is 2. The molecule has 0 spiro atoms. The van der Waals surface area contributed by atoms with E-state index in [1.165, 1.54) is 4.90 Å². The second-order valence-corrected chi connectivity index (χ2v) is 7.93. The molecule has 1 atom stereocenters. The van der Waals surface area contributed by atoms with Crippen molar-refractivity contribution in [2.45, 2.75) is 25.3 Å². The summed E-state index contributed by atoms with van der Waals surface area (Å²) in [6.45, 7) is 2.07. The fourth-order valence-corrected chi connectivity index (χ4v) is 4.22. The summed E-state index contributed by atoms with van der Waals surface area (Å²) >= 11 is 0. The maximum absolute atomic E-state index is 12.7. The predicted octanol–water partition coefficient (Wildman–Crippen LogP) is 2.85. The average Bonchev–Trinajstić information content (AvgIpc) is 3.07. The molecule has 1 fully saturated rings. The highest BCUT2D eigenvalue weighted by Gasteiger charge is 2.38. The number of ether oxygens (including phenoxy) is 1. The molecule has 1 saturated heterocycles. The second kappa shape index (κ2) is 9.15. The van der Waals surface area contributed by atoms with Crippen LogP contribution in [0.15, 0.2) is 48.5 Å². The molecule has 1 aliphatic carbocycles. The fraction of sp³-hybridized carbons (Fsp3) is 0.320. The number of rotatable bonds is 6. The Morgan fingerprint density at radius 3 is 2.25 bits per heavy atom. The van der Waals surface area contributed by atoms with Crippen molar-refractivity contribution in [2.75, 3.05) is 19.7 Å². The zero-order valence-corrected chi connectivity index (χ0v) is 17.7. The lowest BCUT2D eigenvalue weighted by Crippen LogP contribution is -2.58. The average molecular weight is 432 g/mol. The Kier molecular flexibility index (Phi) is 6.13. The van der Waals surface area contributed by atoms with E-state index in [1.54, 1.807) is 6.92 Å². The molecule has 0 aromatic heterocycles. The van der Waals surface area contributed by atoms with Gasteiger partial charge in [0.25, 0.3) is 0 Å². The molecule has 0 radical (unpaired) electrons. The number of alkyl carbamates (subject to hydrolysis) is 1. The smallest absolute Gasteiger partial charge is 0.407 e. The highest BCUT2D eigenvalue weighted by Crippen LogP contribution is 2.44. The quantitative estimate of drug-likeness (QED) is 0.685. The number of likely N-dealkylation sites (tertiary alicyclic amines) is 1. The summed E-state index contributed by atoms with van der Waals surface area (Å²) < 4.78 is 5.53. The Bertz CT molecular complexity index is 1070. The Labute approximate surface area is 186 Å². The number of carbonyl (C=O) groups excluding carboxylic acids is 2. The molecule has 32 heavy (non-hydrogen) atoms. The number of aliphatic carboxylic acids is 1. The lowest BCUT2D eigenvalue weighted by Gasteiger charge is -2.38. The first-order valence-corrected chi connectivity index (χ1v) is 10.5. The zero-order valence-electron chi connectivity index (χ0n) is 17.7. The van der Waals surface area contributed by atoms with Crippen LogP contribution in [0.25, 0.3) is 11.1 Å². The van der Waals surface area contributed by atoms with Gasteiger partial charge in [-0.05, 0) is 29.2 Å². The molecule has 2 aromatic rings. The van der Waals surface area contributed by atoms with Gasteiger partial charge in [-0.1, -0.05) is 48.5 Å². The van der Waals surface area contributed by atoms with Gasteiger partial charge in [-0.3, -0.25) is 9.59 Å². The van der Waals surface area contributed by atoms with E-state index in [2.05, 4.69) is 29.3 Å². The minimum atomic E-state index is -0.927. The summed E-state index contributed by atoms with van der Waals surface area (Å²) in [6.07, 6.45) is -0.563. The zero-order chi connectivity index (χ0) is 22.7. The number of hydrogen-bond donors (Lipinski definition) is 2. The molecular weight excluding hydrogens is 408 g/mol. The van der Waals surface area contributed by atoms with Crippen LogP contribution in [0.4, 0.5) is 4.79 Å². The van der Waals surface area contributed by atoms with Gasteiger partial charge in [0, 0.05) is 25.4 Å². The summed E-state index contributed by atoms with van der Waals surface area (Å²) in [4.78, 5) is 37.7. The molecule has 0 saturated carbocycles. The van der Waals surface area contributed by atoms with Crippen molar-refractivity contribution < 1.29 is 24.2 Å². The fourth-order valence-electron chi connectivity index (χ4n) is 4.22. The van der Waals surface area contributed by atoms with E-state index >= 15 is 0 Å². The van der Waals surface area contributed by atoms with Gasteiger partial charge in [0.15, 0.2) is 0 Å². The minimum Gasteiger partial charge on any atom is -0.481 e. The Balaban J connectivity index is 1.40. The summed E-state index contributed by atoms with van der Waals surface area (Å²) in [7, 11) is 0. The monoisotopic (exact) mass is 432 g/mol. The van der Waals surface area contributed by atoms with Crippen LogP contribution in [0, 0.1) is 17.8 Å². The van der Waals surface area contributed by atoms with Crippen molar-refractivity contribution in [3.05, 3.63) is 59.7 Å². The number of nitrogens with zero attached hydrogens (tertiary/aromatic N) is 1. The van der Waals surface area contributed by atoms with Gasteiger partial charge in [-0.2, -0.15) is 0 Å². The molecule has 1 heterocycles. The van der Waals surface area contributed by atoms with Crippen LogP contribution in [-0.2, 0) is 14.3 Å². The Hall–Kier alpha value is -3.79. The number of carboxylic acid groups (broad SMARTS) is 1. The van der Waals surface area contributed by atoms with E-state index in [9.17, 15) is 14.4 Å². The van der Waals surface area contributed by atoms with E-state index in [4.69, 9.17) is 9.84 Å². The van der Waals surface area contributed by atoms with Gasteiger partial charge < -0.3 is 20.1 Å². The molecule has 164 valence electrons. The molecule has 2 amide bonds. The number of hydrogen-bond acceptors (Lipinski definition) is 4. The maximum Gasteiger partial charge on any atom is 0.407 e. The van der Waals surface area contributed by atoms with Crippen LogP contribution in [0.1, 0.15) is 30.4 Å². The predicted molar refractivity (Wildman–Crippen MR) is 118 cm³/mol. The van der Waals surface area contributed by atoms with Gasteiger partial charge in [-0.25, -0.2) is 4.79 Å². The lowest BCUT2D eigenvalue weighted by atomic mass is 9.98. The van der Waals surface area contributed by atoms with E-state index in [-0.39, 0.29) is 37.9 Å². The van der Waals surface area contributed by atoms with Gasteiger partial charge >= 0.3 is 12.1 Å². The van der Waals surface area contributed by atoms with E-state index in [0.29, 0.717) is 0 Å². The maximum atomic E-state index is 12.7. The van der Waals surface area contributed by atoms with Gasteiger partial charge in [-0.15, -0.1) is 11.8 Å². The largest absolute Gasteiger partial charge is 0.481 e. The standard InChI is InChI=1S/C25H24N2O5/c1-2-3-12-22(23(28)27-13-16(14-27)24(29)30)26-25(31)32-15-21-19-10-6-4-8-17(19)18-9-5-7-11-20(18)21/h4-11,16,21-22H,12-15H2,1H3,(H,26,31)(H,29,30).